The van der Waals surface area contributed by atoms with Crippen LogP contribution >= 0.6 is 23.2 Å². The van der Waals surface area contributed by atoms with Gasteiger partial charge in [0.25, 0.3) is 0 Å². The zero-order valence-electron chi connectivity index (χ0n) is 13.8. The van der Waals surface area contributed by atoms with Gasteiger partial charge in [0.2, 0.25) is 15.9 Å². The lowest BCUT2D eigenvalue weighted by Crippen LogP contribution is -2.43. The number of nitrogens with zero attached hydrogens (tertiary/aromatic N) is 1. The van der Waals surface area contributed by atoms with E-state index in [-0.39, 0.29) is 21.7 Å². The Morgan fingerprint density at radius 2 is 1.88 bits per heavy atom. The van der Waals surface area contributed by atoms with Crippen LogP contribution in [-0.4, -0.2) is 38.3 Å². The summed E-state index contributed by atoms with van der Waals surface area (Å²) in [6, 6.07) is 4.29. The minimum atomic E-state index is -3.62. The van der Waals surface area contributed by atoms with Crippen molar-refractivity contribution in [2.24, 2.45) is 11.8 Å². The lowest BCUT2D eigenvalue weighted by molar-refractivity contribution is -0.126. The maximum Gasteiger partial charge on any atom is 0.243 e. The highest BCUT2D eigenvalue weighted by Gasteiger charge is 2.32. The molecule has 0 saturated carbocycles. The van der Waals surface area contributed by atoms with E-state index >= 15 is 0 Å². The number of sulfonamides is 1. The molecule has 1 aromatic rings. The van der Waals surface area contributed by atoms with Gasteiger partial charge in [-0.25, -0.2) is 8.42 Å². The number of hydrogen-bond donors (Lipinski definition) is 1. The van der Waals surface area contributed by atoms with Crippen molar-refractivity contribution < 1.29 is 13.2 Å². The van der Waals surface area contributed by atoms with Crippen LogP contribution in [0.5, 0.6) is 0 Å². The molecule has 1 N–H and O–H groups in total. The maximum atomic E-state index is 12.7. The molecule has 1 fully saturated rings. The average Bonchev–Trinajstić information content (AvgIpc) is 2.55. The van der Waals surface area contributed by atoms with Crippen LogP contribution in [0.25, 0.3) is 0 Å². The Hall–Kier alpha value is -0.820. The van der Waals surface area contributed by atoms with Crippen LogP contribution in [-0.2, 0) is 14.8 Å². The summed E-state index contributed by atoms with van der Waals surface area (Å²) in [4.78, 5) is 12.2. The van der Waals surface area contributed by atoms with Crippen molar-refractivity contribution >= 4 is 39.1 Å². The first-order valence-corrected chi connectivity index (χ1v) is 10.1. The summed E-state index contributed by atoms with van der Waals surface area (Å²) >= 11 is 11.8. The molecule has 0 aliphatic carbocycles. The Balaban J connectivity index is 2.00. The molecule has 1 aromatic carbocycles. The lowest BCUT2D eigenvalue weighted by atomic mass is 9.97. The molecule has 0 aromatic heterocycles. The van der Waals surface area contributed by atoms with E-state index in [1.807, 2.05) is 13.8 Å². The third-order valence-corrected chi connectivity index (χ3v) is 6.67. The zero-order chi connectivity index (χ0) is 17.9. The van der Waals surface area contributed by atoms with Gasteiger partial charge in [-0.3, -0.25) is 4.79 Å². The fraction of sp³-hybridized carbons (Fsp3) is 0.562. The molecule has 0 spiro atoms. The summed E-state index contributed by atoms with van der Waals surface area (Å²) in [5.41, 5.74) is 0. The van der Waals surface area contributed by atoms with Crippen LogP contribution in [0, 0.1) is 11.8 Å². The predicted molar refractivity (Wildman–Crippen MR) is 95.8 cm³/mol. The van der Waals surface area contributed by atoms with Crippen molar-refractivity contribution in [1.29, 1.82) is 0 Å². The molecule has 0 radical (unpaired) electrons. The number of halogens is 2. The summed E-state index contributed by atoms with van der Waals surface area (Å²) in [7, 11) is -3.62. The van der Waals surface area contributed by atoms with E-state index in [0.29, 0.717) is 43.4 Å². The van der Waals surface area contributed by atoms with E-state index in [0.717, 1.165) is 0 Å². The fourth-order valence-corrected chi connectivity index (χ4v) is 4.45. The van der Waals surface area contributed by atoms with Gasteiger partial charge in [-0.2, -0.15) is 4.31 Å². The summed E-state index contributed by atoms with van der Waals surface area (Å²) in [5, 5.41) is 3.44. The highest BCUT2D eigenvalue weighted by molar-refractivity contribution is 7.89. The monoisotopic (exact) mass is 392 g/mol. The molecule has 0 atom stereocenters. The highest BCUT2D eigenvalue weighted by atomic mass is 35.5. The molecule has 134 valence electrons. The number of amides is 1. The summed E-state index contributed by atoms with van der Waals surface area (Å²) in [6.07, 6.45) is 1.04. The number of piperidine rings is 1. The van der Waals surface area contributed by atoms with Crippen LogP contribution in [0.4, 0.5) is 0 Å². The van der Waals surface area contributed by atoms with Crippen molar-refractivity contribution in [3.63, 3.8) is 0 Å². The normalized spacial score (nSPS) is 17.2. The number of carbonyl (C=O) groups is 1. The van der Waals surface area contributed by atoms with Crippen molar-refractivity contribution in [3.05, 3.63) is 28.2 Å². The Kier molecular flexibility index (Phi) is 6.53. The quantitative estimate of drug-likeness (QED) is 0.836. The predicted octanol–water partition coefficient (Wildman–Crippen LogP) is 3.17. The molecule has 1 heterocycles. The number of nitrogens with one attached hydrogen (secondary N) is 1. The molecule has 1 saturated heterocycles. The molecular formula is C16H22Cl2N2O3S. The van der Waals surface area contributed by atoms with Crippen LogP contribution < -0.4 is 5.32 Å². The summed E-state index contributed by atoms with van der Waals surface area (Å²) < 4.78 is 26.7. The largest absolute Gasteiger partial charge is 0.356 e. The summed E-state index contributed by atoms with van der Waals surface area (Å²) in [6.45, 7) is 5.35. The van der Waals surface area contributed by atoms with Gasteiger partial charge in [0.15, 0.2) is 0 Å². The van der Waals surface area contributed by atoms with Gasteiger partial charge in [-0.1, -0.05) is 37.0 Å². The van der Waals surface area contributed by atoms with Crippen molar-refractivity contribution in [2.75, 3.05) is 19.6 Å². The summed E-state index contributed by atoms with van der Waals surface area (Å²) in [5.74, 6) is 0.267. The number of carbonyl (C=O) groups excluding carboxylic acids is 1. The van der Waals surface area contributed by atoms with Gasteiger partial charge in [-0.15, -0.1) is 0 Å². The molecule has 8 heteroatoms. The van der Waals surface area contributed by atoms with Crippen LogP contribution in [0.3, 0.4) is 0 Å². The van der Waals surface area contributed by atoms with E-state index in [1.54, 1.807) is 0 Å². The van der Waals surface area contributed by atoms with E-state index in [1.165, 1.54) is 22.5 Å². The standard InChI is InChI=1S/C16H22Cl2N2O3S/c1-11(2)10-19-16(21)12-5-7-20(8-6-12)24(22,23)13-3-4-14(17)15(18)9-13/h3-4,9,11-12H,5-8,10H2,1-2H3,(H,19,21). The number of benzene rings is 1. The van der Waals surface area contributed by atoms with Gasteiger partial charge in [0, 0.05) is 25.6 Å². The van der Waals surface area contributed by atoms with Crippen molar-refractivity contribution in [1.82, 2.24) is 9.62 Å². The second-order valence-electron chi connectivity index (χ2n) is 6.39. The Bertz CT molecular complexity index is 699. The maximum absolute atomic E-state index is 12.7. The Morgan fingerprint density at radius 1 is 1.25 bits per heavy atom. The molecule has 1 aliphatic rings. The SMILES string of the molecule is CC(C)CNC(=O)C1CCN(S(=O)(=O)c2ccc(Cl)c(Cl)c2)CC1. The molecule has 24 heavy (non-hydrogen) atoms. The minimum absolute atomic E-state index is 0.00952. The van der Waals surface area contributed by atoms with E-state index in [9.17, 15) is 13.2 Å². The number of rotatable bonds is 5. The lowest BCUT2D eigenvalue weighted by Gasteiger charge is -2.30. The molecule has 0 unspecified atom stereocenters. The smallest absolute Gasteiger partial charge is 0.243 e. The van der Waals surface area contributed by atoms with Crippen LogP contribution in [0.1, 0.15) is 26.7 Å². The van der Waals surface area contributed by atoms with E-state index in [4.69, 9.17) is 23.2 Å². The first-order valence-electron chi connectivity index (χ1n) is 7.94. The Labute approximate surface area is 153 Å². The highest BCUT2D eigenvalue weighted by Crippen LogP contribution is 2.28. The molecule has 1 aliphatic heterocycles. The Morgan fingerprint density at radius 3 is 2.42 bits per heavy atom. The van der Waals surface area contributed by atoms with E-state index < -0.39 is 10.0 Å². The second kappa shape index (κ2) is 8.04. The molecule has 2 rings (SSSR count). The van der Waals surface area contributed by atoms with Crippen molar-refractivity contribution in [2.45, 2.75) is 31.6 Å². The third-order valence-electron chi connectivity index (χ3n) is 4.04. The van der Waals surface area contributed by atoms with Gasteiger partial charge in [-0.05, 0) is 37.0 Å². The second-order valence-corrected chi connectivity index (χ2v) is 9.15. The average molecular weight is 393 g/mol. The van der Waals surface area contributed by atoms with Gasteiger partial charge in [0.05, 0.1) is 14.9 Å². The first-order chi connectivity index (χ1) is 11.2. The van der Waals surface area contributed by atoms with Crippen molar-refractivity contribution in [3.8, 4) is 0 Å². The molecule has 0 bridgehead atoms. The molecule has 5 nitrogen and oxygen atoms in total. The van der Waals surface area contributed by atoms with Crippen LogP contribution in [0.15, 0.2) is 23.1 Å². The zero-order valence-corrected chi connectivity index (χ0v) is 16.1. The van der Waals surface area contributed by atoms with Gasteiger partial charge >= 0.3 is 0 Å². The molecule has 1 amide bonds. The van der Waals surface area contributed by atoms with Crippen LogP contribution in [0.2, 0.25) is 10.0 Å². The molecular weight excluding hydrogens is 371 g/mol. The third kappa shape index (κ3) is 4.63. The first kappa shape index (κ1) is 19.5. The minimum Gasteiger partial charge on any atom is -0.356 e. The number of hydrogen-bond acceptors (Lipinski definition) is 3. The van der Waals surface area contributed by atoms with Gasteiger partial charge < -0.3 is 5.32 Å². The van der Waals surface area contributed by atoms with Gasteiger partial charge in [0.1, 0.15) is 0 Å². The topological polar surface area (TPSA) is 66.5 Å². The van der Waals surface area contributed by atoms with E-state index in [2.05, 4.69) is 5.32 Å². The fourth-order valence-electron chi connectivity index (χ4n) is 2.59.